The van der Waals surface area contributed by atoms with E-state index >= 15 is 0 Å². The maximum atomic E-state index is 12.7. The minimum atomic E-state index is -0.332. The fourth-order valence-electron chi connectivity index (χ4n) is 7.00. The molecule has 0 spiro atoms. The van der Waals surface area contributed by atoms with Crippen LogP contribution in [-0.4, -0.2) is 27.0 Å². The molecule has 4 aliphatic rings. The molecule has 0 amide bonds. The van der Waals surface area contributed by atoms with Crippen molar-refractivity contribution >= 4 is 11.5 Å². The first kappa shape index (κ1) is 15.5. The van der Waals surface area contributed by atoms with Crippen molar-refractivity contribution in [3.63, 3.8) is 0 Å². The first-order valence-corrected chi connectivity index (χ1v) is 9.56. The highest BCUT2D eigenvalue weighted by Gasteiger charge is 2.62. The van der Waals surface area contributed by atoms with Crippen molar-refractivity contribution in [2.45, 2.75) is 64.7 Å². The number of fused-ring (bicyclic) bond motifs is 7. The average molecular weight is 343 g/mol. The van der Waals surface area contributed by atoms with Gasteiger partial charge in [-0.25, -0.2) is 4.63 Å². The van der Waals surface area contributed by atoms with Gasteiger partial charge >= 0.3 is 0 Å². The van der Waals surface area contributed by atoms with Crippen molar-refractivity contribution < 1.29 is 14.6 Å². The van der Waals surface area contributed by atoms with E-state index in [-0.39, 0.29) is 16.6 Å². The number of aromatic nitrogens is 2. The lowest BCUT2D eigenvalue weighted by atomic mass is 9.45. The molecule has 6 nitrogen and oxygen atoms in total. The van der Waals surface area contributed by atoms with Crippen molar-refractivity contribution in [1.82, 2.24) is 10.3 Å². The smallest absolute Gasteiger partial charge is 0.186 e. The maximum absolute atomic E-state index is 12.7. The highest BCUT2D eigenvalue weighted by molar-refractivity contribution is 6.43. The van der Waals surface area contributed by atoms with Crippen LogP contribution in [0, 0.1) is 28.6 Å². The highest BCUT2D eigenvalue weighted by Crippen LogP contribution is 2.66. The molecular formula is C19H25N3O3. The van der Waals surface area contributed by atoms with E-state index in [0.29, 0.717) is 35.8 Å². The quantitative estimate of drug-likeness (QED) is 0.576. The van der Waals surface area contributed by atoms with Crippen LogP contribution in [0.25, 0.3) is 0 Å². The van der Waals surface area contributed by atoms with Gasteiger partial charge in [0.2, 0.25) is 0 Å². The predicted octanol–water partition coefficient (Wildman–Crippen LogP) is 3.35. The Morgan fingerprint density at radius 2 is 2.00 bits per heavy atom. The lowest BCUT2D eigenvalue weighted by Crippen LogP contribution is -2.52. The van der Waals surface area contributed by atoms with Crippen LogP contribution < -0.4 is 0 Å². The standard InChI is InChI=1S/C19H25N3O3/c1-18-8-6-14-16(22-25-21-14)12(18)4-3-10-11(18)5-7-19(2)13(10)9-15(20-24)17(19)23/h10-13,24H,3-9H2,1-2H3/b20-15-. The molecule has 0 aromatic carbocycles. The van der Waals surface area contributed by atoms with Crippen LogP contribution in [0.5, 0.6) is 0 Å². The van der Waals surface area contributed by atoms with E-state index in [0.717, 1.165) is 49.9 Å². The minimum absolute atomic E-state index is 0.0809. The van der Waals surface area contributed by atoms with Gasteiger partial charge in [-0.15, -0.1) is 0 Å². The second kappa shape index (κ2) is 4.92. The molecule has 6 heteroatoms. The number of carbonyl (C=O) groups is 1. The van der Waals surface area contributed by atoms with E-state index in [1.807, 2.05) is 0 Å². The molecular weight excluding hydrogens is 318 g/mol. The molecule has 5 rings (SSSR count). The Morgan fingerprint density at radius 1 is 1.16 bits per heavy atom. The third-order valence-electron chi connectivity index (χ3n) is 8.39. The number of oxime groups is 1. The monoisotopic (exact) mass is 343 g/mol. The van der Waals surface area contributed by atoms with Gasteiger partial charge in [0.15, 0.2) is 5.78 Å². The van der Waals surface area contributed by atoms with E-state index < -0.39 is 0 Å². The van der Waals surface area contributed by atoms with Crippen LogP contribution in [-0.2, 0) is 11.2 Å². The van der Waals surface area contributed by atoms with Crippen LogP contribution in [0.15, 0.2) is 9.78 Å². The van der Waals surface area contributed by atoms with Crippen LogP contribution in [0.1, 0.15) is 69.7 Å². The third-order valence-corrected chi connectivity index (χ3v) is 8.39. The van der Waals surface area contributed by atoms with Crippen LogP contribution in [0.2, 0.25) is 0 Å². The Balaban J connectivity index is 1.52. The molecule has 1 aromatic rings. The summed E-state index contributed by atoms with van der Waals surface area (Å²) in [5, 5.41) is 20.9. The lowest BCUT2D eigenvalue weighted by Gasteiger charge is -2.58. The second-order valence-electron chi connectivity index (χ2n) is 9.14. The van der Waals surface area contributed by atoms with Crippen molar-refractivity contribution in [2.24, 2.45) is 33.7 Å². The summed E-state index contributed by atoms with van der Waals surface area (Å²) in [7, 11) is 0. The first-order valence-electron chi connectivity index (χ1n) is 9.56. The number of hydrogen-bond donors (Lipinski definition) is 1. The summed E-state index contributed by atoms with van der Waals surface area (Å²) >= 11 is 0. The Bertz CT molecular complexity index is 772. The lowest BCUT2D eigenvalue weighted by molar-refractivity contribution is -0.132. The molecule has 0 aliphatic heterocycles. The SMILES string of the molecule is CC12CCC3C(CCC4c5nonc5CCC43C)C1C/C(=N/O)C2=O. The average Bonchev–Trinajstić information content (AvgIpc) is 3.17. The fourth-order valence-corrected chi connectivity index (χ4v) is 7.00. The van der Waals surface area contributed by atoms with Crippen molar-refractivity contribution in [3.05, 3.63) is 11.4 Å². The second-order valence-corrected chi connectivity index (χ2v) is 9.14. The zero-order valence-electron chi connectivity index (χ0n) is 14.9. The molecule has 3 fully saturated rings. The third kappa shape index (κ3) is 1.80. The molecule has 1 N–H and O–H groups in total. The van der Waals surface area contributed by atoms with E-state index in [1.165, 1.54) is 0 Å². The van der Waals surface area contributed by atoms with Crippen molar-refractivity contribution in [3.8, 4) is 0 Å². The summed E-state index contributed by atoms with van der Waals surface area (Å²) in [4.78, 5) is 12.7. The Labute approximate surface area is 147 Å². The summed E-state index contributed by atoms with van der Waals surface area (Å²) in [5.41, 5.74) is 2.40. The first-order chi connectivity index (χ1) is 12.0. The van der Waals surface area contributed by atoms with Gasteiger partial charge in [0, 0.05) is 17.8 Å². The summed E-state index contributed by atoms with van der Waals surface area (Å²) in [6.45, 7) is 4.52. The molecule has 0 radical (unpaired) electrons. The van der Waals surface area contributed by atoms with Gasteiger partial charge in [0.1, 0.15) is 17.1 Å². The number of ketones is 1. The van der Waals surface area contributed by atoms with Crippen LogP contribution in [0.4, 0.5) is 0 Å². The topological polar surface area (TPSA) is 88.6 Å². The molecule has 25 heavy (non-hydrogen) atoms. The number of carbonyl (C=O) groups excluding carboxylic acids is 1. The van der Waals surface area contributed by atoms with Gasteiger partial charge < -0.3 is 5.21 Å². The van der Waals surface area contributed by atoms with Crippen molar-refractivity contribution in [1.29, 1.82) is 0 Å². The maximum Gasteiger partial charge on any atom is 0.186 e. The summed E-state index contributed by atoms with van der Waals surface area (Å²) in [6, 6.07) is 0. The van der Waals surface area contributed by atoms with Gasteiger partial charge in [-0.3, -0.25) is 4.79 Å². The molecule has 4 aliphatic carbocycles. The van der Waals surface area contributed by atoms with Crippen LogP contribution in [0.3, 0.4) is 0 Å². The summed E-state index contributed by atoms with van der Waals surface area (Å²) < 4.78 is 5.04. The molecule has 0 saturated heterocycles. The summed E-state index contributed by atoms with van der Waals surface area (Å²) in [6.07, 6.45) is 6.90. The Morgan fingerprint density at radius 3 is 2.80 bits per heavy atom. The zero-order valence-corrected chi connectivity index (χ0v) is 14.9. The molecule has 6 unspecified atom stereocenters. The number of nitrogens with zero attached hydrogens (tertiary/aromatic N) is 3. The molecule has 3 saturated carbocycles. The minimum Gasteiger partial charge on any atom is -0.411 e. The Kier molecular flexibility index (Phi) is 3.06. The van der Waals surface area contributed by atoms with Gasteiger partial charge in [0.05, 0.1) is 0 Å². The summed E-state index contributed by atoms with van der Waals surface area (Å²) in [5.74, 6) is 1.96. The number of hydrogen-bond acceptors (Lipinski definition) is 6. The van der Waals surface area contributed by atoms with E-state index in [1.54, 1.807) is 0 Å². The van der Waals surface area contributed by atoms with Gasteiger partial charge in [-0.2, -0.15) is 0 Å². The molecule has 134 valence electrons. The van der Waals surface area contributed by atoms with Gasteiger partial charge in [0.25, 0.3) is 0 Å². The van der Waals surface area contributed by atoms with Crippen LogP contribution >= 0.6 is 0 Å². The molecule has 1 aromatic heterocycles. The number of rotatable bonds is 0. The predicted molar refractivity (Wildman–Crippen MR) is 89.4 cm³/mol. The highest BCUT2D eigenvalue weighted by atomic mass is 16.6. The van der Waals surface area contributed by atoms with E-state index in [9.17, 15) is 10.0 Å². The van der Waals surface area contributed by atoms with E-state index in [4.69, 9.17) is 4.63 Å². The van der Waals surface area contributed by atoms with Crippen molar-refractivity contribution in [2.75, 3.05) is 0 Å². The number of aryl methyl sites for hydroxylation is 1. The largest absolute Gasteiger partial charge is 0.411 e. The fraction of sp³-hybridized carbons (Fsp3) is 0.789. The molecule has 6 atom stereocenters. The van der Waals surface area contributed by atoms with Gasteiger partial charge in [-0.05, 0) is 61.7 Å². The number of Topliss-reactive ketones (excluding diaryl/α,β-unsaturated/α-hetero) is 1. The van der Waals surface area contributed by atoms with E-state index in [2.05, 4.69) is 29.3 Å². The Hall–Kier alpha value is -1.72. The molecule has 0 bridgehead atoms. The normalized spacial score (nSPS) is 47.1. The molecule has 1 heterocycles. The van der Waals surface area contributed by atoms with Gasteiger partial charge in [-0.1, -0.05) is 29.3 Å². The zero-order chi connectivity index (χ0) is 17.4.